The van der Waals surface area contributed by atoms with Gasteiger partial charge in [-0.1, -0.05) is 13.8 Å². The van der Waals surface area contributed by atoms with Crippen LogP contribution in [0.1, 0.15) is 44.0 Å². The van der Waals surface area contributed by atoms with E-state index in [0.29, 0.717) is 19.1 Å². The molecule has 0 bridgehead atoms. The van der Waals surface area contributed by atoms with Gasteiger partial charge in [-0.05, 0) is 31.9 Å². The van der Waals surface area contributed by atoms with Gasteiger partial charge in [0, 0.05) is 11.3 Å². The highest BCUT2D eigenvalue weighted by atomic mass is 32.1. The first-order valence-electron chi connectivity index (χ1n) is 8.42. The van der Waals surface area contributed by atoms with Crippen molar-refractivity contribution in [2.45, 2.75) is 52.9 Å². The Morgan fingerprint density at radius 2 is 2.25 bits per heavy atom. The van der Waals surface area contributed by atoms with Crippen molar-refractivity contribution in [3.05, 3.63) is 22.6 Å². The summed E-state index contributed by atoms with van der Waals surface area (Å²) in [4.78, 5) is 11.7. The highest BCUT2D eigenvalue weighted by molar-refractivity contribution is 7.19. The second-order valence-corrected chi connectivity index (χ2v) is 8.56. The van der Waals surface area contributed by atoms with Gasteiger partial charge in [-0.2, -0.15) is 0 Å². The lowest BCUT2D eigenvalue weighted by Gasteiger charge is -2.30. The minimum Gasteiger partial charge on any atom is -0.370 e. The molecular weight excluding hydrogens is 322 g/mol. The summed E-state index contributed by atoms with van der Waals surface area (Å²) in [7, 11) is 0. The Kier molecular flexibility index (Phi) is 3.82. The van der Waals surface area contributed by atoms with Crippen LogP contribution in [0.25, 0.3) is 15.9 Å². The topological polar surface area (TPSA) is 64.3 Å². The Hall–Kier alpha value is -1.57. The number of nitrogens with one attached hydrogen (secondary N) is 1. The summed E-state index contributed by atoms with van der Waals surface area (Å²) in [6.07, 6.45) is 2.65. The second-order valence-electron chi connectivity index (χ2n) is 7.47. The van der Waals surface area contributed by atoms with E-state index in [1.165, 1.54) is 10.4 Å². The third-order valence-electron chi connectivity index (χ3n) is 4.29. The smallest absolute Gasteiger partial charge is 0.168 e. The Labute approximate surface area is 145 Å². The lowest BCUT2D eigenvalue weighted by Crippen LogP contribution is -2.31. The van der Waals surface area contributed by atoms with E-state index in [1.54, 1.807) is 17.7 Å². The van der Waals surface area contributed by atoms with Gasteiger partial charge < -0.3 is 10.1 Å². The summed E-state index contributed by atoms with van der Waals surface area (Å²) in [6, 6.07) is 0. The monoisotopic (exact) mass is 345 g/mol. The number of hydrogen-bond donors (Lipinski definition) is 1. The van der Waals surface area contributed by atoms with Gasteiger partial charge in [-0.25, -0.2) is 14.5 Å². The summed E-state index contributed by atoms with van der Waals surface area (Å²) < 4.78 is 7.75. The van der Waals surface area contributed by atoms with E-state index in [1.807, 2.05) is 4.52 Å². The van der Waals surface area contributed by atoms with Gasteiger partial charge >= 0.3 is 0 Å². The van der Waals surface area contributed by atoms with E-state index in [9.17, 15) is 0 Å². The number of thiophene rings is 1. The first kappa shape index (κ1) is 15.9. The number of fused-ring (bicyclic) bond motifs is 5. The molecular formula is C17H23N5OS. The molecule has 3 aromatic heterocycles. The predicted molar refractivity (Wildman–Crippen MR) is 95.3 cm³/mol. The average Bonchev–Trinajstić information content (AvgIpc) is 3.05. The second kappa shape index (κ2) is 5.75. The van der Waals surface area contributed by atoms with Gasteiger partial charge in [0.15, 0.2) is 11.5 Å². The van der Waals surface area contributed by atoms with Crippen molar-refractivity contribution in [1.29, 1.82) is 0 Å². The van der Waals surface area contributed by atoms with Crippen LogP contribution in [0.5, 0.6) is 0 Å². The van der Waals surface area contributed by atoms with Crippen LogP contribution in [-0.2, 0) is 24.3 Å². The lowest BCUT2D eigenvalue weighted by atomic mass is 9.94. The third-order valence-corrected chi connectivity index (χ3v) is 5.40. The number of rotatable bonds is 4. The minimum atomic E-state index is -0.143. The van der Waals surface area contributed by atoms with Crippen LogP contribution in [0.3, 0.4) is 0 Å². The molecule has 24 heavy (non-hydrogen) atoms. The largest absolute Gasteiger partial charge is 0.370 e. The molecule has 1 N–H and O–H groups in total. The molecule has 0 spiro atoms. The highest BCUT2D eigenvalue weighted by Gasteiger charge is 2.30. The lowest BCUT2D eigenvalue weighted by molar-refractivity contribution is -0.0379. The molecule has 0 saturated heterocycles. The predicted octanol–water partition coefficient (Wildman–Crippen LogP) is 2.94. The molecule has 0 atom stereocenters. The average molecular weight is 345 g/mol. The Bertz CT molecular complexity index is 895. The van der Waals surface area contributed by atoms with Gasteiger partial charge in [-0.15, -0.1) is 16.4 Å². The molecule has 1 aliphatic rings. The van der Waals surface area contributed by atoms with Gasteiger partial charge in [-0.3, -0.25) is 0 Å². The fraction of sp³-hybridized carbons (Fsp3) is 0.588. The fourth-order valence-electron chi connectivity index (χ4n) is 3.13. The molecule has 0 radical (unpaired) electrons. The van der Waals surface area contributed by atoms with E-state index in [4.69, 9.17) is 9.72 Å². The summed E-state index contributed by atoms with van der Waals surface area (Å²) >= 11 is 1.71. The van der Waals surface area contributed by atoms with Crippen LogP contribution < -0.4 is 5.32 Å². The molecule has 3 aromatic rings. The standard InChI is InChI=1S/C17H23N5OS/c1-10(2)6-18-7-13-20-15-14-11-5-17(3,4)23-8-12(11)24-16(14)19-9-22(15)21-13/h9-10,18H,5-8H2,1-4H3. The molecule has 0 unspecified atom stereocenters. The zero-order valence-corrected chi connectivity index (χ0v) is 15.4. The summed E-state index contributed by atoms with van der Waals surface area (Å²) in [5.74, 6) is 1.43. The number of hydrogen-bond acceptors (Lipinski definition) is 6. The maximum Gasteiger partial charge on any atom is 0.168 e. The molecule has 1 aliphatic heterocycles. The van der Waals surface area contributed by atoms with Crippen molar-refractivity contribution in [2.75, 3.05) is 6.54 Å². The molecule has 0 saturated carbocycles. The minimum absolute atomic E-state index is 0.143. The molecule has 4 heterocycles. The summed E-state index contributed by atoms with van der Waals surface area (Å²) in [5.41, 5.74) is 2.10. The van der Waals surface area contributed by atoms with E-state index in [0.717, 1.165) is 34.7 Å². The van der Waals surface area contributed by atoms with Crippen molar-refractivity contribution in [3.8, 4) is 0 Å². The molecule has 6 nitrogen and oxygen atoms in total. The third kappa shape index (κ3) is 2.81. The molecule has 7 heteroatoms. The number of nitrogens with zero attached hydrogens (tertiary/aromatic N) is 4. The van der Waals surface area contributed by atoms with E-state index < -0.39 is 0 Å². The van der Waals surface area contributed by atoms with Crippen molar-refractivity contribution in [1.82, 2.24) is 24.9 Å². The number of ether oxygens (including phenoxy) is 1. The van der Waals surface area contributed by atoms with Crippen LogP contribution in [0.2, 0.25) is 0 Å². The van der Waals surface area contributed by atoms with Crippen LogP contribution in [0.15, 0.2) is 6.33 Å². The Morgan fingerprint density at radius 1 is 1.42 bits per heavy atom. The maximum absolute atomic E-state index is 5.94. The van der Waals surface area contributed by atoms with Crippen molar-refractivity contribution >= 4 is 27.2 Å². The van der Waals surface area contributed by atoms with E-state index >= 15 is 0 Å². The Morgan fingerprint density at radius 3 is 3.04 bits per heavy atom. The molecule has 0 aliphatic carbocycles. The van der Waals surface area contributed by atoms with Crippen molar-refractivity contribution in [2.24, 2.45) is 5.92 Å². The Balaban J connectivity index is 1.76. The first-order chi connectivity index (χ1) is 11.4. The molecule has 0 fully saturated rings. The van der Waals surface area contributed by atoms with Crippen molar-refractivity contribution < 1.29 is 4.74 Å². The fourth-order valence-corrected chi connectivity index (χ4v) is 4.20. The maximum atomic E-state index is 5.94. The van der Waals surface area contributed by atoms with E-state index in [-0.39, 0.29) is 5.60 Å². The van der Waals surface area contributed by atoms with Gasteiger partial charge in [0.25, 0.3) is 0 Å². The van der Waals surface area contributed by atoms with Gasteiger partial charge in [0.2, 0.25) is 0 Å². The van der Waals surface area contributed by atoms with Crippen LogP contribution in [0, 0.1) is 5.92 Å². The first-order valence-corrected chi connectivity index (χ1v) is 9.24. The molecule has 128 valence electrons. The zero-order chi connectivity index (χ0) is 16.9. The molecule has 0 amide bonds. The van der Waals surface area contributed by atoms with Gasteiger partial charge in [0.1, 0.15) is 11.2 Å². The number of aromatic nitrogens is 4. The van der Waals surface area contributed by atoms with Crippen LogP contribution >= 0.6 is 11.3 Å². The SMILES string of the molecule is CC(C)CNCc1nc2c3c4c(sc3ncn2n1)COC(C)(C)C4. The molecule has 4 rings (SSSR count). The summed E-state index contributed by atoms with van der Waals surface area (Å²) in [6.45, 7) is 11.0. The van der Waals surface area contributed by atoms with E-state index in [2.05, 4.69) is 43.1 Å². The quantitative estimate of drug-likeness (QED) is 0.788. The highest BCUT2D eigenvalue weighted by Crippen LogP contribution is 2.39. The normalized spacial score (nSPS) is 17.0. The van der Waals surface area contributed by atoms with Crippen LogP contribution in [-0.4, -0.2) is 31.7 Å². The van der Waals surface area contributed by atoms with Crippen LogP contribution in [0.4, 0.5) is 0 Å². The van der Waals surface area contributed by atoms with Crippen molar-refractivity contribution in [3.63, 3.8) is 0 Å². The summed E-state index contributed by atoms with van der Waals surface area (Å²) in [5, 5.41) is 9.13. The molecule has 0 aromatic carbocycles. The zero-order valence-electron chi connectivity index (χ0n) is 14.6. The van der Waals surface area contributed by atoms with Gasteiger partial charge in [0.05, 0.1) is 24.1 Å².